The minimum atomic E-state index is -0.793. The highest BCUT2D eigenvalue weighted by Crippen LogP contribution is 2.25. The molecule has 5 heteroatoms. The number of nitrogens with zero attached hydrogens (tertiary/aromatic N) is 3. The van der Waals surface area contributed by atoms with Gasteiger partial charge in [-0.2, -0.15) is 0 Å². The molecule has 24 heavy (non-hydrogen) atoms. The van der Waals surface area contributed by atoms with Crippen LogP contribution in [0.3, 0.4) is 0 Å². The first-order valence-corrected chi connectivity index (χ1v) is 8.61. The maximum atomic E-state index is 10.8. The van der Waals surface area contributed by atoms with E-state index in [4.69, 9.17) is 4.74 Å². The SMILES string of the molecule is Cc1cccc(OC[C@@]2(O)CCN(Cc3nccn3C(C)C)C2)c1. The van der Waals surface area contributed by atoms with Gasteiger partial charge in [0.25, 0.3) is 0 Å². The highest BCUT2D eigenvalue weighted by atomic mass is 16.5. The first-order chi connectivity index (χ1) is 11.5. The zero-order valence-corrected chi connectivity index (χ0v) is 14.8. The number of likely N-dealkylation sites (tertiary alicyclic amines) is 1. The average molecular weight is 329 g/mol. The van der Waals surface area contributed by atoms with E-state index in [0.717, 1.165) is 36.6 Å². The van der Waals surface area contributed by atoms with Crippen LogP contribution in [0.25, 0.3) is 0 Å². The van der Waals surface area contributed by atoms with E-state index in [2.05, 4.69) is 28.3 Å². The number of rotatable bonds is 6. The topological polar surface area (TPSA) is 50.5 Å². The summed E-state index contributed by atoms with van der Waals surface area (Å²) >= 11 is 0. The second-order valence-electron chi connectivity index (χ2n) is 7.13. The first-order valence-electron chi connectivity index (χ1n) is 8.61. The lowest BCUT2D eigenvalue weighted by Gasteiger charge is -2.24. The van der Waals surface area contributed by atoms with Crippen molar-refractivity contribution in [3.8, 4) is 5.75 Å². The van der Waals surface area contributed by atoms with E-state index in [1.807, 2.05) is 43.6 Å². The van der Waals surface area contributed by atoms with Gasteiger partial charge in [0.2, 0.25) is 0 Å². The van der Waals surface area contributed by atoms with Gasteiger partial charge in [0.1, 0.15) is 23.8 Å². The predicted molar refractivity (Wildman–Crippen MR) is 94.1 cm³/mol. The highest BCUT2D eigenvalue weighted by molar-refractivity contribution is 5.27. The summed E-state index contributed by atoms with van der Waals surface area (Å²) in [5.74, 6) is 1.87. The van der Waals surface area contributed by atoms with Crippen LogP contribution in [0.15, 0.2) is 36.7 Å². The van der Waals surface area contributed by atoms with Crippen molar-refractivity contribution in [2.24, 2.45) is 0 Å². The molecular weight excluding hydrogens is 302 g/mol. The molecule has 0 unspecified atom stereocenters. The van der Waals surface area contributed by atoms with Crippen LogP contribution in [0.2, 0.25) is 0 Å². The molecule has 3 rings (SSSR count). The van der Waals surface area contributed by atoms with Crippen LogP contribution in [0.1, 0.15) is 37.7 Å². The molecule has 1 aromatic carbocycles. The summed E-state index contributed by atoms with van der Waals surface area (Å²) in [4.78, 5) is 6.71. The van der Waals surface area contributed by atoms with Crippen LogP contribution in [-0.2, 0) is 6.54 Å². The smallest absolute Gasteiger partial charge is 0.123 e. The van der Waals surface area contributed by atoms with Crippen LogP contribution >= 0.6 is 0 Å². The van der Waals surface area contributed by atoms with Gasteiger partial charge in [-0.05, 0) is 44.9 Å². The molecule has 130 valence electrons. The number of aryl methyl sites for hydroxylation is 1. The Hall–Kier alpha value is -1.85. The summed E-state index contributed by atoms with van der Waals surface area (Å²) in [6.07, 6.45) is 4.59. The van der Waals surface area contributed by atoms with Crippen molar-refractivity contribution >= 4 is 0 Å². The zero-order chi connectivity index (χ0) is 17.2. The third kappa shape index (κ3) is 3.97. The molecule has 2 aromatic rings. The van der Waals surface area contributed by atoms with Crippen molar-refractivity contribution in [2.45, 2.75) is 45.4 Å². The van der Waals surface area contributed by atoms with E-state index in [1.165, 1.54) is 0 Å². The number of hydrogen-bond acceptors (Lipinski definition) is 4. The fourth-order valence-electron chi connectivity index (χ4n) is 3.25. The molecule has 1 fully saturated rings. The minimum Gasteiger partial charge on any atom is -0.491 e. The van der Waals surface area contributed by atoms with Crippen LogP contribution < -0.4 is 4.74 Å². The Bertz CT molecular complexity index is 683. The molecule has 0 bridgehead atoms. The van der Waals surface area contributed by atoms with Crippen molar-refractivity contribution in [1.82, 2.24) is 14.5 Å². The number of benzene rings is 1. The van der Waals surface area contributed by atoms with Crippen LogP contribution in [-0.4, -0.2) is 44.9 Å². The molecule has 0 aliphatic carbocycles. The van der Waals surface area contributed by atoms with Crippen LogP contribution in [0.5, 0.6) is 5.75 Å². The summed E-state index contributed by atoms with van der Waals surface area (Å²) in [6.45, 7) is 8.91. The molecule has 0 amide bonds. The quantitative estimate of drug-likeness (QED) is 0.885. The molecule has 1 saturated heterocycles. The molecule has 1 aromatic heterocycles. The van der Waals surface area contributed by atoms with Gasteiger partial charge in [0, 0.05) is 31.5 Å². The molecule has 1 aliphatic rings. The van der Waals surface area contributed by atoms with Gasteiger partial charge in [-0.25, -0.2) is 4.98 Å². The summed E-state index contributed by atoms with van der Waals surface area (Å²) in [6, 6.07) is 8.34. The van der Waals surface area contributed by atoms with Gasteiger partial charge in [0.15, 0.2) is 0 Å². The third-order valence-corrected chi connectivity index (χ3v) is 4.58. The van der Waals surface area contributed by atoms with Crippen LogP contribution in [0.4, 0.5) is 0 Å². The Morgan fingerprint density at radius 1 is 1.38 bits per heavy atom. The number of imidazole rings is 1. The van der Waals surface area contributed by atoms with Gasteiger partial charge in [0.05, 0.1) is 6.54 Å². The maximum absolute atomic E-state index is 10.8. The van der Waals surface area contributed by atoms with E-state index in [9.17, 15) is 5.11 Å². The lowest BCUT2D eigenvalue weighted by Crippen LogP contribution is -2.39. The van der Waals surface area contributed by atoms with Gasteiger partial charge in [-0.3, -0.25) is 4.90 Å². The summed E-state index contributed by atoms with van der Waals surface area (Å²) in [5.41, 5.74) is 0.368. The average Bonchev–Trinajstić information content (AvgIpc) is 3.13. The van der Waals surface area contributed by atoms with Crippen LogP contribution in [0, 0.1) is 6.92 Å². The standard InChI is InChI=1S/C19H27N3O2/c1-15(2)22-10-8-20-18(22)12-21-9-7-19(23,13-21)14-24-17-6-4-5-16(3)11-17/h4-6,8,10-11,15,23H,7,9,12-14H2,1-3H3/t19-/m1/s1. The molecule has 5 nitrogen and oxygen atoms in total. The lowest BCUT2D eigenvalue weighted by atomic mass is 10.1. The molecule has 0 saturated carbocycles. The normalized spacial score (nSPS) is 21.5. The van der Waals surface area contributed by atoms with Gasteiger partial charge >= 0.3 is 0 Å². The van der Waals surface area contributed by atoms with E-state index < -0.39 is 5.60 Å². The van der Waals surface area contributed by atoms with Crippen molar-refractivity contribution in [3.05, 3.63) is 48.0 Å². The van der Waals surface area contributed by atoms with E-state index in [0.29, 0.717) is 19.2 Å². The van der Waals surface area contributed by atoms with Gasteiger partial charge < -0.3 is 14.4 Å². The third-order valence-electron chi connectivity index (χ3n) is 4.58. The number of β-amino-alcohol motifs (C(OH)–C–C–N with tert-alkyl or cyclic N) is 1. The fraction of sp³-hybridized carbons (Fsp3) is 0.526. The second kappa shape index (κ2) is 6.95. The number of ether oxygens (including phenoxy) is 1. The van der Waals surface area contributed by atoms with E-state index in [-0.39, 0.29) is 0 Å². The van der Waals surface area contributed by atoms with E-state index >= 15 is 0 Å². The predicted octanol–water partition coefficient (Wildman–Crippen LogP) is 2.79. The molecule has 1 N–H and O–H groups in total. The molecular formula is C19H27N3O2. The molecule has 1 aliphatic heterocycles. The number of hydrogen-bond donors (Lipinski definition) is 1. The summed E-state index contributed by atoms with van der Waals surface area (Å²) in [5, 5.41) is 10.8. The monoisotopic (exact) mass is 329 g/mol. The van der Waals surface area contributed by atoms with Crippen molar-refractivity contribution in [2.75, 3.05) is 19.7 Å². The molecule has 0 spiro atoms. The summed E-state index contributed by atoms with van der Waals surface area (Å²) < 4.78 is 8.00. The Morgan fingerprint density at radius 2 is 2.21 bits per heavy atom. The Balaban J connectivity index is 1.56. The molecule has 1 atom stereocenters. The lowest BCUT2D eigenvalue weighted by molar-refractivity contribution is 0.00311. The highest BCUT2D eigenvalue weighted by Gasteiger charge is 2.37. The van der Waals surface area contributed by atoms with Crippen molar-refractivity contribution in [1.29, 1.82) is 0 Å². The van der Waals surface area contributed by atoms with E-state index in [1.54, 1.807) is 0 Å². The minimum absolute atomic E-state index is 0.325. The van der Waals surface area contributed by atoms with Gasteiger partial charge in [-0.15, -0.1) is 0 Å². The second-order valence-corrected chi connectivity index (χ2v) is 7.13. The Kier molecular flexibility index (Phi) is 4.92. The molecule has 0 radical (unpaired) electrons. The van der Waals surface area contributed by atoms with Crippen molar-refractivity contribution < 1.29 is 9.84 Å². The van der Waals surface area contributed by atoms with Crippen molar-refractivity contribution in [3.63, 3.8) is 0 Å². The number of aliphatic hydroxyl groups is 1. The van der Waals surface area contributed by atoms with Gasteiger partial charge in [-0.1, -0.05) is 12.1 Å². The zero-order valence-electron chi connectivity index (χ0n) is 14.8. The Morgan fingerprint density at radius 3 is 2.96 bits per heavy atom. The Labute approximate surface area is 143 Å². The maximum Gasteiger partial charge on any atom is 0.123 e. The largest absolute Gasteiger partial charge is 0.491 e. The summed E-state index contributed by atoms with van der Waals surface area (Å²) in [7, 11) is 0. The molecule has 2 heterocycles. The number of aromatic nitrogens is 2. The fourth-order valence-corrected chi connectivity index (χ4v) is 3.25. The first kappa shape index (κ1) is 17.0.